The molecule has 1 aromatic carbocycles. The fourth-order valence-electron chi connectivity index (χ4n) is 6.21. The van der Waals surface area contributed by atoms with E-state index in [1.165, 1.54) is 19.3 Å². The number of ether oxygens (including phenoxy) is 1. The van der Waals surface area contributed by atoms with Crippen molar-refractivity contribution in [2.24, 2.45) is 23.2 Å². The third-order valence-electron chi connectivity index (χ3n) is 7.04. The van der Waals surface area contributed by atoms with Gasteiger partial charge in [0.15, 0.2) is 0 Å². The molecule has 4 fully saturated rings. The van der Waals surface area contributed by atoms with Gasteiger partial charge in [0.1, 0.15) is 12.1 Å². The Hall–Kier alpha value is -2.57. The summed E-state index contributed by atoms with van der Waals surface area (Å²) in [5.41, 5.74) is 0.664. The van der Waals surface area contributed by atoms with Gasteiger partial charge in [-0.05, 0) is 88.7 Å². The maximum absolute atomic E-state index is 13.2. The number of nitrogens with one attached hydrogen (secondary N) is 3. The largest absolute Gasteiger partial charge is 0.444 e. The van der Waals surface area contributed by atoms with E-state index in [-0.39, 0.29) is 23.8 Å². The van der Waals surface area contributed by atoms with E-state index in [1.807, 2.05) is 18.2 Å². The highest BCUT2D eigenvalue weighted by atomic mass is 16.6. The minimum atomic E-state index is -0.635. The topological polar surface area (TPSA) is 96.5 Å². The molecular formula is C25H35N3O4. The normalized spacial score (nSPS) is 28.2. The van der Waals surface area contributed by atoms with Crippen molar-refractivity contribution >= 4 is 23.6 Å². The fraction of sp³-hybridized carbons (Fsp3) is 0.640. The molecule has 1 aromatic rings. The highest BCUT2D eigenvalue weighted by Gasteiger charge is 2.54. The fourth-order valence-corrected chi connectivity index (χ4v) is 6.21. The summed E-state index contributed by atoms with van der Waals surface area (Å²) in [4.78, 5) is 37.3. The van der Waals surface area contributed by atoms with Crippen molar-refractivity contribution in [3.63, 3.8) is 0 Å². The quantitative estimate of drug-likeness (QED) is 0.622. The number of anilines is 1. The summed E-state index contributed by atoms with van der Waals surface area (Å²) in [5, 5.41) is 8.45. The van der Waals surface area contributed by atoms with E-state index in [1.54, 1.807) is 26.8 Å². The molecule has 4 aliphatic carbocycles. The lowest BCUT2D eigenvalue weighted by Gasteiger charge is -2.55. The second-order valence-corrected chi connectivity index (χ2v) is 10.9. The molecule has 4 saturated carbocycles. The molecule has 5 rings (SSSR count). The molecule has 0 heterocycles. The lowest BCUT2D eigenvalue weighted by molar-refractivity contribution is -0.146. The zero-order chi connectivity index (χ0) is 22.9. The Balaban J connectivity index is 1.31. The Labute approximate surface area is 190 Å². The first kappa shape index (κ1) is 22.6. The van der Waals surface area contributed by atoms with Crippen LogP contribution in [0.2, 0.25) is 0 Å². The van der Waals surface area contributed by atoms with Crippen LogP contribution >= 0.6 is 0 Å². The minimum absolute atomic E-state index is 0.171. The molecule has 4 bridgehead atoms. The predicted octanol–water partition coefficient (Wildman–Crippen LogP) is 3.98. The molecule has 0 atom stereocenters. The van der Waals surface area contributed by atoms with Gasteiger partial charge in [0.2, 0.25) is 11.8 Å². The summed E-state index contributed by atoms with van der Waals surface area (Å²) >= 11 is 0. The summed E-state index contributed by atoms with van der Waals surface area (Å²) in [6.45, 7) is 5.47. The number of carbonyl (C=O) groups excluding carboxylic acids is 3. The first-order chi connectivity index (χ1) is 15.1. The minimum Gasteiger partial charge on any atom is -0.444 e. The average Bonchev–Trinajstić information content (AvgIpc) is 2.69. The van der Waals surface area contributed by atoms with Gasteiger partial charge in [0.25, 0.3) is 0 Å². The van der Waals surface area contributed by atoms with Gasteiger partial charge in [0, 0.05) is 17.6 Å². The number of rotatable bonds is 6. The van der Waals surface area contributed by atoms with Gasteiger partial charge >= 0.3 is 6.09 Å². The highest BCUT2D eigenvalue weighted by molar-refractivity contribution is 5.94. The molecule has 0 aliphatic heterocycles. The number of para-hydroxylation sites is 1. The monoisotopic (exact) mass is 441 g/mol. The second kappa shape index (κ2) is 8.75. The third-order valence-corrected chi connectivity index (χ3v) is 7.04. The van der Waals surface area contributed by atoms with E-state index in [0.29, 0.717) is 12.2 Å². The second-order valence-electron chi connectivity index (χ2n) is 10.9. The number of amides is 3. The summed E-state index contributed by atoms with van der Waals surface area (Å²) in [5.74, 6) is 1.98. The zero-order valence-electron chi connectivity index (χ0n) is 19.3. The van der Waals surface area contributed by atoms with E-state index in [2.05, 4.69) is 16.0 Å². The van der Waals surface area contributed by atoms with Crippen molar-refractivity contribution in [3.05, 3.63) is 29.8 Å². The summed E-state index contributed by atoms with van der Waals surface area (Å²) in [6, 6.07) is 7.43. The van der Waals surface area contributed by atoms with Crippen LogP contribution in [0.5, 0.6) is 0 Å². The van der Waals surface area contributed by atoms with Crippen LogP contribution in [0.4, 0.5) is 10.5 Å². The average molecular weight is 442 g/mol. The molecule has 4 aliphatic rings. The van der Waals surface area contributed by atoms with Crippen molar-refractivity contribution in [2.75, 3.05) is 11.9 Å². The van der Waals surface area contributed by atoms with Crippen molar-refractivity contribution in [1.82, 2.24) is 10.6 Å². The number of hydrogen-bond acceptors (Lipinski definition) is 4. The summed E-state index contributed by atoms with van der Waals surface area (Å²) in [6.07, 6.45) is 6.36. The van der Waals surface area contributed by atoms with Crippen LogP contribution in [0.3, 0.4) is 0 Å². The van der Waals surface area contributed by atoms with Gasteiger partial charge in [-0.1, -0.05) is 18.2 Å². The van der Waals surface area contributed by atoms with Gasteiger partial charge in [-0.25, -0.2) is 4.79 Å². The van der Waals surface area contributed by atoms with Crippen molar-refractivity contribution in [3.8, 4) is 0 Å². The molecule has 174 valence electrons. The molecule has 3 N–H and O–H groups in total. The van der Waals surface area contributed by atoms with Crippen LogP contribution in [0, 0.1) is 23.2 Å². The SMILES string of the molecule is CC(C)(C)OC(=O)NCC(=O)Nc1ccccc1CNC(=O)C12CC3CC(CC(C3)C1)C2. The maximum Gasteiger partial charge on any atom is 0.408 e. The lowest BCUT2D eigenvalue weighted by atomic mass is 9.49. The molecule has 0 unspecified atom stereocenters. The first-order valence-corrected chi connectivity index (χ1v) is 11.7. The Bertz CT molecular complexity index is 854. The number of alkyl carbamates (subject to hydrolysis) is 1. The zero-order valence-corrected chi connectivity index (χ0v) is 19.3. The highest BCUT2D eigenvalue weighted by Crippen LogP contribution is 2.60. The molecule has 0 saturated heterocycles. The van der Waals surface area contributed by atoms with Crippen LogP contribution in [-0.4, -0.2) is 30.1 Å². The van der Waals surface area contributed by atoms with Gasteiger partial charge in [-0.15, -0.1) is 0 Å². The van der Waals surface area contributed by atoms with E-state index >= 15 is 0 Å². The molecule has 7 nitrogen and oxygen atoms in total. The van der Waals surface area contributed by atoms with Crippen LogP contribution in [0.15, 0.2) is 24.3 Å². The standard InChI is InChI=1S/C25H35N3O4/c1-24(2,3)32-23(31)27-15-21(29)28-20-7-5-4-6-19(20)14-26-22(30)25-11-16-8-17(12-25)10-18(9-16)13-25/h4-7,16-18H,8-15H2,1-3H3,(H,26,30)(H,27,31)(H,28,29). The van der Waals surface area contributed by atoms with E-state index < -0.39 is 11.7 Å². The number of carbonyl (C=O) groups is 3. The third kappa shape index (κ3) is 5.25. The van der Waals surface area contributed by atoms with Gasteiger partial charge in [0.05, 0.1) is 0 Å². The summed E-state index contributed by atoms with van der Waals surface area (Å²) < 4.78 is 5.15. The number of benzene rings is 1. The van der Waals surface area contributed by atoms with Crippen molar-refractivity contribution in [2.45, 2.75) is 71.4 Å². The smallest absolute Gasteiger partial charge is 0.408 e. The van der Waals surface area contributed by atoms with E-state index in [9.17, 15) is 14.4 Å². The van der Waals surface area contributed by atoms with Crippen LogP contribution in [-0.2, 0) is 20.9 Å². The predicted molar refractivity (Wildman–Crippen MR) is 122 cm³/mol. The van der Waals surface area contributed by atoms with E-state index in [4.69, 9.17) is 4.74 Å². The van der Waals surface area contributed by atoms with E-state index in [0.717, 1.165) is 42.6 Å². The van der Waals surface area contributed by atoms with Gasteiger partial charge < -0.3 is 20.7 Å². The van der Waals surface area contributed by atoms with Crippen LogP contribution < -0.4 is 16.0 Å². The molecule has 7 heteroatoms. The Kier molecular flexibility index (Phi) is 6.19. The van der Waals surface area contributed by atoms with Crippen LogP contribution in [0.1, 0.15) is 64.9 Å². The lowest BCUT2D eigenvalue weighted by Crippen LogP contribution is -2.53. The van der Waals surface area contributed by atoms with Crippen LogP contribution in [0.25, 0.3) is 0 Å². The molecule has 3 amide bonds. The molecular weight excluding hydrogens is 406 g/mol. The Morgan fingerprint density at radius 3 is 2.16 bits per heavy atom. The molecule has 32 heavy (non-hydrogen) atoms. The Morgan fingerprint density at radius 1 is 0.969 bits per heavy atom. The summed E-state index contributed by atoms with van der Waals surface area (Å²) in [7, 11) is 0. The molecule has 0 aromatic heterocycles. The van der Waals surface area contributed by atoms with Crippen molar-refractivity contribution in [1.29, 1.82) is 0 Å². The van der Waals surface area contributed by atoms with Gasteiger partial charge in [-0.3, -0.25) is 9.59 Å². The first-order valence-electron chi connectivity index (χ1n) is 11.7. The molecule has 0 spiro atoms. The Morgan fingerprint density at radius 2 is 1.56 bits per heavy atom. The molecule has 0 radical (unpaired) electrons. The number of hydrogen-bond donors (Lipinski definition) is 3. The van der Waals surface area contributed by atoms with Crippen molar-refractivity contribution < 1.29 is 19.1 Å². The van der Waals surface area contributed by atoms with Gasteiger partial charge in [-0.2, -0.15) is 0 Å². The maximum atomic E-state index is 13.2.